The molecule has 148 valence electrons. The highest BCUT2D eigenvalue weighted by molar-refractivity contribution is 5.74. The van der Waals surface area contributed by atoms with Crippen LogP contribution in [0.2, 0.25) is 0 Å². The summed E-state index contributed by atoms with van der Waals surface area (Å²) < 4.78 is 15.1. The van der Waals surface area contributed by atoms with E-state index >= 15 is 0 Å². The Kier molecular flexibility index (Phi) is 8.91. The van der Waals surface area contributed by atoms with Crippen molar-refractivity contribution in [2.24, 2.45) is 0 Å². The molecule has 2 aromatic rings. The van der Waals surface area contributed by atoms with E-state index in [1.807, 2.05) is 42.5 Å². The quantitative estimate of drug-likeness (QED) is 0.210. The highest BCUT2D eigenvalue weighted by atomic mass is 16.6. The lowest BCUT2D eigenvalue weighted by molar-refractivity contribution is -0.148. The fourth-order valence-corrected chi connectivity index (χ4v) is 2.37. The summed E-state index contributed by atoms with van der Waals surface area (Å²) in [6.45, 7) is 3.45. The normalized spacial score (nSPS) is 11.5. The monoisotopic (exact) mass is 384 g/mol. The summed E-state index contributed by atoms with van der Waals surface area (Å²) in [4.78, 5) is 23.4. The van der Waals surface area contributed by atoms with Gasteiger partial charge in [0.25, 0.3) is 0 Å². The molecule has 6 heteroatoms. The lowest BCUT2D eigenvalue weighted by atomic mass is 10.1. The molecule has 1 N–H and O–H groups in total. The number of ether oxygens (including phenoxy) is 3. The number of carbonyl (C=O) groups is 2. The van der Waals surface area contributed by atoms with Gasteiger partial charge in [-0.25, -0.2) is 0 Å². The van der Waals surface area contributed by atoms with E-state index in [9.17, 15) is 9.59 Å². The Morgan fingerprint density at radius 3 is 2.25 bits per heavy atom. The Labute approximate surface area is 164 Å². The molecule has 0 aliphatic rings. The van der Waals surface area contributed by atoms with Crippen LogP contribution in [0.3, 0.4) is 0 Å². The third-order valence-corrected chi connectivity index (χ3v) is 3.79. The molecule has 0 bridgehead atoms. The van der Waals surface area contributed by atoms with Crippen LogP contribution in [-0.2, 0) is 19.1 Å². The van der Waals surface area contributed by atoms with Gasteiger partial charge in [0.05, 0.1) is 6.61 Å². The zero-order valence-electron chi connectivity index (χ0n) is 15.6. The molecule has 0 aliphatic heterocycles. The first-order chi connectivity index (χ1) is 13.6. The Bertz CT molecular complexity index is 754. The second-order valence-electron chi connectivity index (χ2n) is 5.94. The van der Waals surface area contributed by atoms with E-state index in [2.05, 4.69) is 6.58 Å². The molecule has 0 spiro atoms. The van der Waals surface area contributed by atoms with Gasteiger partial charge < -0.3 is 19.3 Å². The summed E-state index contributed by atoms with van der Waals surface area (Å²) in [6.07, 6.45) is 0.696. The maximum Gasteiger partial charge on any atom is 0.311 e. The number of rotatable bonds is 11. The van der Waals surface area contributed by atoms with E-state index in [1.165, 1.54) is 6.08 Å². The van der Waals surface area contributed by atoms with Crippen molar-refractivity contribution >= 4 is 11.9 Å². The van der Waals surface area contributed by atoms with Crippen LogP contribution in [0.1, 0.15) is 19.3 Å². The first-order valence-electron chi connectivity index (χ1n) is 9.02. The molecule has 0 radical (unpaired) electrons. The maximum absolute atomic E-state index is 11.9. The minimum absolute atomic E-state index is 0.0297. The first-order valence-corrected chi connectivity index (χ1v) is 9.02. The molecule has 6 nitrogen and oxygen atoms in total. The number of aliphatic hydroxyl groups is 1. The van der Waals surface area contributed by atoms with E-state index in [-0.39, 0.29) is 26.1 Å². The standard InChI is InChI=1S/C22H24O6/c1-2-20(23)26-15-16-27-21(24)9-6-10-22(25)28-19-13-11-18(12-14-19)17-7-4-3-5-8-17/h2-5,7-8,11-14,20,23H,1,6,9-10,15-16H2. The molecule has 2 aromatic carbocycles. The lowest BCUT2D eigenvalue weighted by Crippen LogP contribution is -2.16. The molecule has 0 fully saturated rings. The molecular formula is C22H24O6. The van der Waals surface area contributed by atoms with Gasteiger partial charge in [0.15, 0.2) is 6.29 Å². The minimum atomic E-state index is -1.07. The smallest absolute Gasteiger partial charge is 0.311 e. The van der Waals surface area contributed by atoms with Crippen LogP contribution in [0.15, 0.2) is 67.3 Å². The summed E-state index contributed by atoms with van der Waals surface area (Å²) in [7, 11) is 0. The lowest BCUT2D eigenvalue weighted by Gasteiger charge is -2.08. The SMILES string of the molecule is C=CC(O)OCCOC(=O)CCCC(=O)Oc1ccc(-c2ccccc2)cc1. The molecule has 0 saturated heterocycles. The Morgan fingerprint density at radius 2 is 1.57 bits per heavy atom. The van der Waals surface area contributed by atoms with Gasteiger partial charge in [-0.1, -0.05) is 49.0 Å². The molecular weight excluding hydrogens is 360 g/mol. The van der Waals surface area contributed by atoms with E-state index in [0.717, 1.165) is 11.1 Å². The summed E-state index contributed by atoms with van der Waals surface area (Å²) in [6, 6.07) is 17.2. The Balaban J connectivity index is 1.64. The van der Waals surface area contributed by atoms with Crippen molar-refractivity contribution in [1.82, 2.24) is 0 Å². The summed E-state index contributed by atoms with van der Waals surface area (Å²) in [5.41, 5.74) is 2.12. The third kappa shape index (κ3) is 7.73. The average molecular weight is 384 g/mol. The van der Waals surface area contributed by atoms with Gasteiger partial charge in [-0.2, -0.15) is 0 Å². The van der Waals surface area contributed by atoms with Crippen LogP contribution in [0.4, 0.5) is 0 Å². The van der Waals surface area contributed by atoms with Crippen molar-refractivity contribution in [2.75, 3.05) is 13.2 Å². The van der Waals surface area contributed by atoms with Crippen LogP contribution >= 0.6 is 0 Å². The fourth-order valence-electron chi connectivity index (χ4n) is 2.37. The average Bonchev–Trinajstić information content (AvgIpc) is 2.72. The van der Waals surface area contributed by atoms with Crippen LogP contribution in [0.25, 0.3) is 11.1 Å². The number of hydrogen-bond acceptors (Lipinski definition) is 6. The second-order valence-corrected chi connectivity index (χ2v) is 5.94. The van der Waals surface area contributed by atoms with Crippen molar-refractivity contribution in [2.45, 2.75) is 25.6 Å². The van der Waals surface area contributed by atoms with Gasteiger partial charge in [0.2, 0.25) is 0 Å². The molecule has 1 atom stereocenters. The van der Waals surface area contributed by atoms with E-state index < -0.39 is 18.2 Å². The largest absolute Gasteiger partial charge is 0.463 e. The van der Waals surface area contributed by atoms with Crippen molar-refractivity contribution in [3.63, 3.8) is 0 Å². The van der Waals surface area contributed by atoms with Crippen molar-refractivity contribution < 1.29 is 28.9 Å². The first kappa shape index (κ1) is 21.3. The summed E-state index contributed by atoms with van der Waals surface area (Å²) in [5.74, 6) is -0.375. The maximum atomic E-state index is 11.9. The zero-order valence-corrected chi connectivity index (χ0v) is 15.6. The highest BCUT2D eigenvalue weighted by Crippen LogP contribution is 2.22. The molecule has 1 unspecified atom stereocenters. The van der Waals surface area contributed by atoms with Crippen molar-refractivity contribution in [3.05, 3.63) is 67.3 Å². The number of hydrogen-bond donors (Lipinski definition) is 1. The molecule has 0 saturated carbocycles. The van der Waals surface area contributed by atoms with Crippen LogP contribution in [-0.4, -0.2) is 36.5 Å². The highest BCUT2D eigenvalue weighted by Gasteiger charge is 2.09. The van der Waals surface area contributed by atoms with E-state index in [1.54, 1.807) is 12.1 Å². The fraction of sp³-hybridized carbons (Fsp3) is 0.273. The molecule has 2 rings (SSSR count). The van der Waals surface area contributed by atoms with Crippen LogP contribution in [0.5, 0.6) is 5.75 Å². The molecule has 28 heavy (non-hydrogen) atoms. The topological polar surface area (TPSA) is 82.1 Å². The van der Waals surface area contributed by atoms with Gasteiger partial charge in [-0.3, -0.25) is 9.59 Å². The Hall–Kier alpha value is -2.96. The van der Waals surface area contributed by atoms with E-state index in [4.69, 9.17) is 19.3 Å². The predicted octanol–water partition coefficient (Wildman–Crippen LogP) is 3.49. The van der Waals surface area contributed by atoms with Crippen molar-refractivity contribution in [1.29, 1.82) is 0 Å². The number of aliphatic hydroxyl groups excluding tert-OH is 1. The van der Waals surface area contributed by atoms with Gasteiger partial charge in [-0.15, -0.1) is 0 Å². The van der Waals surface area contributed by atoms with Gasteiger partial charge in [0.1, 0.15) is 12.4 Å². The summed E-state index contributed by atoms with van der Waals surface area (Å²) >= 11 is 0. The molecule has 0 heterocycles. The van der Waals surface area contributed by atoms with Crippen molar-refractivity contribution in [3.8, 4) is 16.9 Å². The molecule has 0 amide bonds. The number of esters is 2. The molecule has 0 aliphatic carbocycles. The third-order valence-electron chi connectivity index (χ3n) is 3.79. The van der Waals surface area contributed by atoms with Crippen LogP contribution < -0.4 is 4.74 Å². The second kappa shape index (κ2) is 11.7. The predicted molar refractivity (Wildman–Crippen MR) is 104 cm³/mol. The van der Waals surface area contributed by atoms with Gasteiger partial charge in [-0.05, 0) is 35.8 Å². The Morgan fingerprint density at radius 1 is 0.929 bits per heavy atom. The minimum Gasteiger partial charge on any atom is -0.463 e. The van der Waals surface area contributed by atoms with Crippen LogP contribution in [0, 0.1) is 0 Å². The summed E-state index contributed by atoms with van der Waals surface area (Å²) in [5, 5.41) is 9.09. The zero-order chi connectivity index (χ0) is 20.2. The number of benzene rings is 2. The number of carbonyl (C=O) groups excluding carboxylic acids is 2. The van der Waals surface area contributed by atoms with Gasteiger partial charge >= 0.3 is 11.9 Å². The van der Waals surface area contributed by atoms with Gasteiger partial charge in [0, 0.05) is 12.8 Å². The molecule has 0 aromatic heterocycles. The van der Waals surface area contributed by atoms with E-state index in [0.29, 0.717) is 12.2 Å².